The zero-order valence-corrected chi connectivity index (χ0v) is 17.1. The molecule has 6 nitrogen and oxygen atoms in total. The van der Waals surface area contributed by atoms with Crippen molar-refractivity contribution in [3.63, 3.8) is 0 Å². The first-order valence-electron chi connectivity index (χ1n) is 9.50. The molecule has 1 amide bonds. The summed E-state index contributed by atoms with van der Waals surface area (Å²) in [5.41, 5.74) is 1.43. The van der Waals surface area contributed by atoms with Crippen LogP contribution in [0.4, 0.5) is 0 Å². The van der Waals surface area contributed by atoms with E-state index in [2.05, 4.69) is 5.32 Å². The number of aromatic hydroxyl groups is 1. The van der Waals surface area contributed by atoms with Gasteiger partial charge in [0.05, 0.1) is 0 Å². The maximum Gasteiger partial charge on any atom is 0.258 e. The van der Waals surface area contributed by atoms with Gasteiger partial charge in [-0.05, 0) is 17.7 Å². The van der Waals surface area contributed by atoms with Crippen LogP contribution in [0.5, 0.6) is 11.5 Å². The first-order valence-corrected chi connectivity index (χ1v) is 9.87. The normalized spacial score (nSPS) is 10.7. The van der Waals surface area contributed by atoms with Gasteiger partial charge in [0, 0.05) is 35.3 Å². The number of carbonyl (C=O) groups excluding carboxylic acids is 1. The second-order valence-corrected chi connectivity index (χ2v) is 7.28. The van der Waals surface area contributed by atoms with E-state index in [1.807, 2.05) is 42.5 Å². The molecule has 156 valence electrons. The molecule has 1 aromatic heterocycles. The van der Waals surface area contributed by atoms with E-state index in [-0.39, 0.29) is 40.4 Å². The molecule has 2 N–H and O–H groups in total. The number of hydrogen-bond donors (Lipinski definition) is 2. The Morgan fingerprint density at radius 1 is 1.03 bits per heavy atom. The van der Waals surface area contributed by atoms with Crippen LogP contribution in [0.3, 0.4) is 0 Å². The van der Waals surface area contributed by atoms with Gasteiger partial charge in [-0.2, -0.15) is 0 Å². The molecule has 0 aliphatic carbocycles. The number of halogens is 1. The zero-order valence-electron chi connectivity index (χ0n) is 16.3. The molecule has 3 aromatic carbocycles. The highest BCUT2D eigenvalue weighted by Crippen LogP contribution is 2.31. The Morgan fingerprint density at radius 2 is 1.77 bits per heavy atom. The summed E-state index contributed by atoms with van der Waals surface area (Å²) in [6, 6.07) is 20.4. The number of ether oxygens (including phenoxy) is 1. The Hall–Kier alpha value is -3.77. The molecule has 0 spiro atoms. The molecule has 0 radical (unpaired) electrons. The summed E-state index contributed by atoms with van der Waals surface area (Å²) in [5.74, 6) is -0.0354. The average molecular weight is 436 g/mol. The summed E-state index contributed by atoms with van der Waals surface area (Å²) in [4.78, 5) is 24.6. The third kappa shape index (κ3) is 4.87. The molecule has 31 heavy (non-hydrogen) atoms. The van der Waals surface area contributed by atoms with E-state index in [1.165, 1.54) is 18.2 Å². The number of amides is 1. The Labute approximate surface area is 182 Å². The Morgan fingerprint density at radius 3 is 2.52 bits per heavy atom. The number of benzene rings is 3. The van der Waals surface area contributed by atoms with Gasteiger partial charge in [-0.15, -0.1) is 0 Å². The van der Waals surface area contributed by atoms with Crippen molar-refractivity contribution in [2.45, 2.75) is 6.54 Å². The minimum absolute atomic E-state index is 0.0548. The summed E-state index contributed by atoms with van der Waals surface area (Å²) in [5, 5.41) is 13.7. The van der Waals surface area contributed by atoms with Crippen molar-refractivity contribution in [3.05, 3.63) is 93.6 Å². The van der Waals surface area contributed by atoms with Crippen LogP contribution in [-0.4, -0.2) is 17.6 Å². The molecule has 4 rings (SSSR count). The molecule has 1 heterocycles. The molecule has 0 unspecified atom stereocenters. The summed E-state index contributed by atoms with van der Waals surface area (Å²) >= 11 is 5.85. The Kier molecular flexibility index (Phi) is 5.91. The highest BCUT2D eigenvalue weighted by Gasteiger charge is 2.13. The minimum Gasteiger partial charge on any atom is -0.507 e. The smallest absolute Gasteiger partial charge is 0.258 e. The Bertz CT molecular complexity index is 1280. The molecule has 4 aromatic rings. The van der Waals surface area contributed by atoms with Crippen molar-refractivity contribution >= 4 is 28.5 Å². The van der Waals surface area contributed by atoms with Crippen LogP contribution >= 0.6 is 11.6 Å². The van der Waals surface area contributed by atoms with E-state index < -0.39 is 0 Å². The predicted molar refractivity (Wildman–Crippen MR) is 118 cm³/mol. The lowest BCUT2D eigenvalue weighted by Crippen LogP contribution is -2.28. The monoisotopic (exact) mass is 435 g/mol. The second-order valence-electron chi connectivity index (χ2n) is 6.85. The standard InChI is InChI=1S/C24H18ClNO5/c25-17-8-6-15(7-9-17)13-26-23(29)14-30-18-10-19(27)24-20(28)12-21(31-22(24)11-18)16-4-2-1-3-5-16/h1-12,27H,13-14H2,(H,26,29). The number of rotatable bonds is 6. The van der Waals surface area contributed by atoms with Crippen molar-refractivity contribution in [2.24, 2.45) is 0 Å². The van der Waals surface area contributed by atoms with Gasteiger partial charge in [0.15, 0.2) is 12.0 Å². The number of nitrogens with one attached hydrogen (secondary N) is 1. The van der Waals surface area contributed by atoms with Crippen molar-refractivity contribution in [1.82, 2.24) is 5.32 Å². The van der Waals surface area contributed by atoms with E-state index in [4.69, 9.17) is 20.8 Å². The van der Waals surface area contributed by atoms with Crippen molar-refractivity contribution < 1.29 is 19.1 Å². The molecule has 0 aliphatic heterocycles. The van der Waals surface area contributed by atoms with Gasteiger partial charge < -0.3 is 19.6 Å². The fraction of sp³-hybridized carbons (Fsp3) is 0.0833. The lowest BCUT2D eigenvalue weighted by atomic mass is 10.1. The molecule has 0 saturated carbocycles. The summed E-state index contributed by atoms with van der Waals surface area (Å²) in [7, 11) is 0. The highest BCUT2D eigenvalue weighted by atomic mass is 35.5. The molecule has 0 saturated heterocycles. The van der Waals surface area contributed by atoms with Gasteiger partial charge in [-0.1, -0.05) is 54.1 Å². The van der Waals surface area contributed by atoms with Gasteiger partial charge in [-0.25, -0.2) is 0 Å². The van der Waals surface area contributed by atoms with Gasteiger partial charge >= 0.3 is 0 Å². The lowest BCUT2D eigenvalue weighted by Gasteiger charge is -2.10. The van der Waals surface area contributed by atoms with E-state index in [9.17, 15) is 14.7 Å². The Balaban J connectivity index is 1.49. The first kappa shape index (κ1) is 20.5. The third-order valence-electron chi connectivity index (χ3n) is 4.61. The summed E-state index contributed by atoms with van der Waals surface area (Å²) in [6.07, 6.45) is 0. The van der Waals surface area contributed by atoms with Crippen LogP contribution in [0, 0.1) is 0 Å². The molecule has 0 fully saturated rings. The van der Waals surface area contributed by atoms with E-state index in [0.29, 0.717) is 17.3 Å². The zero-order chi connectivity index (χ0) is 21.8. The molecular formula is C24H18ClNO5. The van der Waals surface area contributed by atoms with Crippen LogP contribution in [0.1, 0.15) is 5.56 Å². The number of carbonyl (C=O) groups is 1. The van der Waals surface area contributed by atoms with E-state index >= 15 is 0 Å². The van der Waals surface area contributed by atoms with Crippen LogP contribution < -0.4 is 15.5 Å². The van der Waals surface area contributed by atoms with Crippen molar-refractivity contribution in [1.29, 1.82) is 0 Å². The highest BCUT2D eigenvalue weighted by molar-refractivity contribution is 6.30. The van der Waals surface area contributed by atoms with Gasteiger partial charge in [-0.3, -0.25) is 9.59 Å². The van der Waals surface area contributed by atoms with Crippen molar-refractivity contribution in [2.75, 3.05) is 6.61 Å². The molecule has 7 heteroatoms. The average Bonchev–Trinajstić information content (AvgIpc) is 2.77. The second kappa shape index (κ2) is 8.93. The number of phenolic OH excluding ortho intramolecular Hbond substituents is 1. The first-order chi connectivity index (χ1) is 15.0. The lowest BCUT2D eigenvalue weighted by molar-refractivity contribution is -0.123. The van der Waals surface area contributed by atoms with Crippen LogP contribution in [0.2, 0.25) is 5.02 Å². The van der Waals surface area contributed by atoms with Gasteiger partial charge in [0.1, 0.15) is 28.2 Å². The van der Waals surface area contributed by atoms with E-state index in [0.717, 1.165) is 11.1 Å². The fourth-order valence-corrected chi connectivity index (χ4v) is 3.20. The maximum absolute atomic E-state index is 12.5. The molecule has 0 atom stereocenters. The summed E-state index contributed by atoms with van der Waals surface area (Å²) < 4.78 is 11.3. The maximum atomic E-state index is 12.5. The number of fused-ring (bicyclic) bond motifs is 1. The van der Waals surface area contributed by atoms with Crippen LogP contribution in [0.25, 0.3) is 22.3 Å². The van der Waals surface area contributed by atoms with Gasteiger partial charge in [0.25, 0.3) is 5.91 Å². The van der Waals surface area contributed by atoms with E-state index in [1.54, 1.807) is 12.1 Å². The number of phenols is 1. The topological polar surface area (TPSA) is 88.8 Å². The quantitative estimate of drug-likeness (QED) is 0.465. The van der Waals surface area contributed by atoms with Crippen LogP contribution in [-0.2, 0) is 11.3 Å². The third-order valence-corrected chi connectivity index (χ3v) is 4.87. The van der Waals surface area contributed by atoms with Crippen molar-refractivity contribution in [3.8, 4) is 22.8 Å². The minimum atomic E-state index is -0.370. The largest absolute Gasteiger partial charge is 0.507 e. The van der Waals surface area contributed by atoms with Crippen LogP contribution in [0.15, 0.2) is 82.0 Å². The fourth-order valence-electron chi connectivity index (χ4n) is 3.07. The predicted octanol–water partition coefficient (Wildman–Crippen LogP) is 4.51. The number of hydrogen-bond acceptors (Lipinski definition) is 5. The molecule has 0 bridgehead atoms. The molecule has 0 aliphatic rings. The molecular weight excluding hydrogens is 418 g/mol. The summed E-state index contributed by atoms with van der Waals surface area (Å²) in [6.45, 7) is 0.0682. The van der Waals surface area contributed by atoms with Gasteiger partial charge in [0.2, 0.25) is 0 Å². The SMILES string of the molecule is O=C(COc1cc(O)c2c(=O)cc(-c3ccccc3)oc2c1)NCc1ccc(Cl)cc1.